The summed E-state index contributed by atoms with van der Waals surface area (Å²) >= 11 is 5.78. The molecule has 1 heterocycles. The molecule has 1 aliphatic heterocycles. The fourth-order valence-corrected chi connectivity index (χ4v) is 1.90. The quantitative estimate of drug-likeness (QED) is 0.617. The number of morpholine rings is 1. The first kappa shape index (κ1) is 10.3. The van der Waals surface area contributed by atoms with Crippen LogP contribution in [0.3, 0.4) is 0 Å². The lowest BCUT2D eigenvalue weighted by Crippen LogP contribution is -2.53. The van der Waals surface area contributed by atoms with Crippen LogP contribution in [-0.4, -0.2) is 42.1 Å². The largest absolute Gasteiger partial charge is 0.368 e. The third-order valence-electron chi connectivity index (χ3n) is 2.17. The Balaban J connectivity index is 2.53. The van der Waals surface area contributed by atoms with E-state index in [0.717, 1.165) is 19.6 Å². The topological polar surface area (TPSA) is 12.5 Å². The average molecular weight is 192 g/mol. The molecule has 1 aliphatic rings. The maximum atomic E-state index is 5.78. The van der Waals surface area contributed by atoms with E-state index in [4.69, 9.17) is 16.3 Å². The molecular formula is C9H18ClNO. The van der Waals surface area contributed by atoms with Gasteiger partial charge in [0.15, 0.2) is 0 Å². The molecule has 1 unspecified atom stereocenters. The van der Waals surface area contributed by atoms with Crippen LogP contribution < -0.4 is 0 Å². The van der Waals surface area contributed by atoms with Crippen LogP contribution in [0.2, 0.25) is 0 Å². The van der Waals surface area contributed by atoms with Crippen molar-refractivity contribution in [3.8, 4) is 0 Å². The molecule has 0 aromatic heterocycles. The number of ether oxygens (including phenoxy) is 1. The van der Waals surface area contributed by atoms with Gasteiger partial charge in [0.1, 0.15) is 0 Å². The van der Waals surface area contributed by atoms with E-state index in [-0.39, 0.29) is 11.7 Å². The van der Waals surface area contributed by atoms with Crippen molar-refractivity contribution in [2.75, 3.05) is 25.5 Å². The van der Waals surface area contributed by atoms with Gasteiger partial charge in [0.05, 0.1) is 11.7 Å². The van der Waals surface area contributed by atoms with Crippen LogP contribution in [-0.2, 0) is 4.74 Å². The van der Waals surface area contributed by atoms with Crippen molar-refractivity contribution in [3.63, 3.8) is 0 Å². The summed E-state index contributed by atoms with van der Waals surface area (Å²) in [6.45, 7) is 9.48. The second-order valence-corrected chi connectivity index (χ2v) is 4.29. The molecule has 0 aromatic carbocycles. The molecule has 0 spiro atoms. The van der Waals surface area contributed by atoms with Gasteiger partial charge in [-0.25, -0.2) is 0 Å². The normalized spacial score (nSPS) is 30.5. The van der Waals surface area contributed by atoms with Gasteiger partial charge in [0.25, 0.3) is 0 Å². The Kier molecular flexibility index (Phi) is 3.38. The molecule has 0 amide bonds. The molecule has 1 atom stereocenters. The van der Waals surface area contributed by atoms with E-state index in [9.17, 15) is 0 Å². The van der Waals surface area contributed by atoms with Crippen molar-refractivity contribution in [1.82, 2.24) is 4.90 Å². The summed E-state index contributed by atoms with van der Waals surface area (Å²) in [5, 5.41) is 0. The Bertz CT molecular complexity index is 135. The van der Waals surface area contributed by atoms with E-state index in [1.54, 1.807) is 0 Å². The van der Waals surface area contributed by atoms with Crippen LogP contribution in [0.4, 0.5) is 0 Å². The van der Waals surface area contributed by atoms with Gasteiger partial charge in [-0.15, -0.1) is 11.6 Å². The smallest absolute Gasteiger partial charge is 0.0844 e. The van der Waals surface area contributed by atoms with Gasteiger partial charge in [0.2, 0.25) is 0 Å². The number of likely N-dealkylation sites (N-methyl/N-ethyl adjacent to an activating group) is 1. The first-order valence-electron chi connectivity index (χ1n) is 4.53. The summed E-state index contributed by atoms with van der Waals surface area (Å²) < 4.78 is 5.78. The monoisotopic (exact) mass is 191 g/mol. The fraction of sp³-hybridized carbons (Fsp3) is 1.00. The lowest BCUT2D eigenvalue weighted by Gasteiger charge is -2.41. The number of hydrogen-bond acceptors (Lipinski definition) is 2. The Morgan fingerprint density at radius 1 is 1.58 bits per heavy atom. The molecule has 0 N–H and O–H groups in total. The molecule has 1 fully saturated rings. The molecule has 1 rings (SSSR count). The predicted molar refractivity (Wildman–Crippen MR) is 51.8 cm³/mol. The van der Waals surface area contributed by atoms with Crippen LogP contribution in [0.25, 0.3) is 0 Å². The van der Waals surface area contributed by atoms with Crippen molar-refractivity contribution < 1.29 is 4.74 Å². The van der Waals surface area contributed by atoms with Gasteiger partial charge in [-0.1, -0.05) is 6.92 Å². The molecule has 12 heavy (non-hydrogen) atoms. The highest BCUT2D eigenvalue weighted by Gasteiger charge is 2.31. The summed E-state index contributed by atoms with van der Waals surface area (Å²) in [6, 6.07) is 0. The molecule has 3 heteroatoms. The molecule has 72 valence electrons. The number of rotatable bonds is 2. The Morgan fingerprint density at radius 2 is 2.25 bits per heavy atom. The summed E-state index contributed by atoms with van der Waals surface area (Å²) in [5.41, 5.74) is -0.0339. The second kappa shape index (κ2) is 3.95. The minimum absolute atomic E-state index is 0.0339. The number of halogens is 1. The number of alkyl halides is 1. The molecule has 1 saturated heterocycles. The third-order valence-corrected chi connectivity index (χ3v) is 2.52. The van der Waals surface area contributed by atoms with E-state index < -0.39 is 0 Å². The predicted octanol–water partition coefficient (Wildman–Crippen LogP) is 1.72. The van der Waals surface area contributed by atoms with Crippen molar-refractivity contribution in [1.29, 1.82) is 0 Å². The van der Waals surface area contributed by atoms with Crippen LogP contribution >= 0.6 is 11.6 Å². The zero-order chi connectivity index (χ0) is 9.19. The van der Waals surface area contributed by atoms with E-state index in [1.807, 2.05) is 0 Å². The highest BCUT2D eigenvalue weighted by molar-refractivity contribution is 6.18. The van der Waals surface area contributed by atoms with E-state index >= 15 is 0 Å². The van der Waals surface area contributed by atoms with Gasteiger partial charge < -0.3 is 4.74 Å². The SMILES string of the molecule is CCN1CC(CCl)OC(C)(C)C1. The van der Waals surface area contributed by atoms with Crippen LogP contribution in [0.5, 0.6) is 0 Å². The number of nitrogens with zero attached hydrogens (tertiary/aromatic N) is 1. The molecular weight excluding hydrogens is 174 g/mol. The van der Waals surface area contributed by atoms with Crippen LogP contribution in [0, 0.1) is 0 Å². The number of hydrogen-bond donors (Lipinski definition) is 0. The van der Waals surface area contributed by atoms with Crippen molar-refractivity contribution >= 4 is 11.6 Å². The maximum Gasteiger partial charge on any atom is 0.0844 e. The first-order valence-corrected chi connectivity index (χ1v) is 5.07. The van der Waals surface area contributed by atoms with E-state index in [1.165, 1.54) is 0 Å². The standard InChI is InChI=1S/C9H18ClNO/c1-4-11-6-8(5-10)12-9(2,3)7-11/h8H,4-7H2,1-3H3. The van der Waals surface area contributed by atoms with Crippen LogP contribution in [0.15, 0.2) is 0 Å². The average Bonchev–Trinajstić information content (AvgIpc) is 2.01. The summed E-state index contributed by atoms with van der Waals surface area (Å²) in [6.07, 6.45) is 0.204. The van der Waals surface area contributed by atoms with Crippen molar-refractivity contribution in [2.45, 2.75) is 32.5 Å². The third kappa shape index (κ3) is 2.61. The van der Waals surface area contributed by atoms with Gasteiger partial charge >= 0.3 is 0 Å². The van der Waals surface area contributed by atoms with Gasteiger partial charge in [-0.2, -0.15) is 0 Å². The van der Waals surface area contributed by atoms with E-state index in [0.29, 0.717) is 5.88 Å². The lowest BCUT2D eigenvalue weighted by molar-refractivity contribution is -0.126. The second-order valence-electron chi connectivity index (χ2n) is 3.98. The Labute approximate surface area is 79.8 Å². The summed E-state index contributed by atoms with van der Waals surface area (Å²) in [4.78, 5) is 2.39. The first-order chi connectivity index (χ1) is 5.57. The minimum atomic E-state index is -0.0339. The fourth-order valence-electron chi connectivity index (χ4n) is 1.74. The summed E-state index contributed by atoms with van der Waals surface area (Å²) in [7, 11) is 0. The van der Waals surface area contributed by atoms with Gasteiger partial charge in [-0.3, -0.25) is 4.90 Å². The van der Waals surface area contributed by atoms with Crippen molar-refractivity contribution in [3.05, 3.63) is 0 Å². The van der Waals surface area contributed by atoms with Crippen molar-refractivity contribution in [2.24, 2.45) is 0 Å². The van der Waals surface area contributed by atoms with Crippen LogP contribution in [0.1, 0.15) is 20.8 Å². The van der Waals surface area contributed by atoms with Gasteiger partial charge in [0, 0.05) is 19.0 Å². The minimum Gasteiger partial charge on any atom is -0.368 e. The molecule has 2 nitrogen and oxygen atoms in total. The molecule has 0 radical (unpaired) electrons. The highest BCUT2D eigenvalue weighted by Crippen LogP contribution is 2.21. The maximum absolute atomic E-state index is 5.78. The molecule has 0 aromatic rings. The zero-order valence-electron chi connectivity index (χ0n) is 8.14. The highest BCUT2D eigenvalue weighted by atomic mass is 35.5. The lowest BCUT2D eigenvalue weighted by atomic mass is 10.1. The van der Waals surface area contributed by atoms with Gasteiger partial charge in [-0.05, 0) is 20.4 Å². The molecule has 0 aliphatic carbocycles. The Hall–Kier alpha value is 0.210. The summed E-state index contributed by atoms with van der Waals surface area (Å²) in [5.74, 6) is 0.597. The Morgan fingerprint density at radius 3 is 2.75 bits per heavy atom. The van der Waals surface area contributed by atoms with E-state index in [2.05, 4.69) is 25.7 Å². The molecule has 0 saturated carbocycles. The zero-order valence-corrected chi connectivity index (χ0v) is 8.90. The molecule has 0 bridgehead atoms.